The molecule has 1 saturated heterocycles. The monoisotopic (exact) mass is 618 g/mol. The van der Waals surface area contributed by atoms with Crippen LogP contribution in [0, 0.1) is 10.5 Å². The van der Waals surface area contributed by atoms with Crippen molar-refractivity contribution >= 4 is 44.2 Å². The van der Waals surface area contributed by atoms with Crippen molar-refractivity contribution in [1.29, 1.82) is 0 Å². The molecule has 15 heteroatoms. The predicted molar refractivity (Wildman–Crippen MR) is 134 cm³/mol. The van der Waals surface area contributed by atoms with Gasteiger partial charge in [-0.05, 0) is 59.8 Å². The van der Waals surface area contributed by atoms with E-state index in [0.717, 1.165) is 0 Å². The molecule has 0 amide bonds. The number of rotatable bonds is 5. The highest BCUT2D eigenvalue weighted by atomic mass is 127. The van der Waals surface area contributed by atoms with Gasteiger partial charge in [0.15, 0.2) is 0 Å². The molecule has 13 nitrogen and oxygen atoms in total. The number of sulfonamides is 1. The highest BCUT2D eigenvalue weighted by Gasteiger charge is 2.35. The Bertz CT molecular complexity index is 1390. The van der Waals surface area contributed by atoms with E-state index in [2.05, 4.69) is 19.7 Å². The van der Waals surface area contributed by atoms with Gasteiger partial charge in [0, 0.05) is 30.2 Å². The number of hydrogen-bond acceptors (Lipinski definition) is 10. The van der Waals surface area contributed by atoms with Crippen LogP contribution in [0.25, 0.3) is 0 Å². The Hall–Kier alpha value is -2.86. The summed E-state index contributed by atoms with van der Waals surface area (Å²) in [5.41, 5.74) is 5.64. The second-order valence-electron chi connectivity index (χ2n) is 7.45. The minimum absolute atomic E-state index is 0.0480. The smallest absolute Gasteiger partial charge is 0.330 e. The summed E-state index contributed by atoms with van der Waals surface area (Å²) < 4.78 is 33.2. The first-order valence-electron chi connectivity index (χ1n) is 10.1. The Kier molecular flexibility index (Phi) is 8.60. The van der Waals surface area contributed by atoms with Crippen molar-refractivity contribution in [3.05, 3.63) is 72.8 Å². The molecule has 0 spiro atoms. The van der Waals surface area contributed by atoms with Crippen LogP contribution >= 0.6 is 22.6 Å². The fourth-order valence-electron chi connectivity index (χ4n) is 3.05. The number of anilines is 2. The zero-order chi connectivity index (χ0) is 25.8. The molecule has 0 aliphatic carbocycles. The number of nitrogens with zero attached hydrogens (tertiary/aromatic N) is 3. The molecule has 1 fully saturated rings. The summed E-state index contributed by atoms with van der Waals surface area (Å²) in [6, 6.07) is 7.57. The lowest BCUT2D eigenvalue weighted by Crippen LogP contribution is -2.33. The zero-order valence-electron chi connectivity index (χ0n) is 18.3. The van der Waals surface area contributed by atoms with E-state index in [1.54, 1.807) is 35.6 Å². The predicted octanol–water partition coefficient (Wildman–Crippen LogP) is -0.0501. The number of aromatic nitrogens is 4. The van der Waals surface area contributed by atoms with Crippen molar-refractivity contribution in [3.63, 3.8) is 0 Å². The maximum absolute atomic E-state index is 12.0. The van der Waals surface area contributed by atoms with E-state index in [-0.39, 0.29) is 23.9 Å². The molecule has 4 rings (SSSR count). The van der Waals surface area contributed by atoms with Gasteiger partial charge in [-0.25, -0.2) is 27.9 Å². The van der Waals surface area contributed by atoms with Gasteiger partial charge in [0.05, 0.1) is 21.2 Å². The Morgan fingerprint density at radius 1 is 1.29 bits per heavy atom. The lowest BCUT2D eigenvalue weighted by Gasteiger charge is -2.14. The minimum atomic E-state index is -3.68. The summed E-state index contributed by atoms with van der Waals surface area (Å²) in [5, 5.41) is 18.5. The van der Waals surface area contributed by atoms with Gasteiger partial charge >= 0.3 is 5.69 Å². The van der Waals surface area contributed by atoms with Gasteiger partial charge in [0.25, 0.3) is 15.6 Å². The number of ether oxygens (including phenoxy) is 1. The Balaban J connectivity index is 0.000000196. The van der Waals surface area contributed by atoms with E-state index >= 15 is 0 Å². The summed E-state index contributed by atoms with van der Waals surface area (Å²) in [4.78, 5) is 32.8. The number of benzene rings is 1. The van der Waals surface area contributed by atoms with E-state index < -0.39 is 39.7 Å². The van der Waals surface area contributed by atoms with Crippen molar-refractivity contribution in [2.45, 2.75) is 36.7 Å². The van der Waals surface area contributed by atoms with Gasteiger partial charge < -0.3 is 20.7 Å². The minimum Gasteiger partial charge on any atom is -0.399 e. The summed E-state index contributed by atoms with van der Waals surface area (Å²) in [5.74, 6) is 0.0480. The first-order chi connectivity index (χ1) is 16.5. The van der Waals surface area contributed by atoms with Crippen LogP contribution in [0.15, 0.2) is 57.2 Å². The average Bonchev–Trinajstić information content (AvgIpc) is 3.17. The molecule has 6 N–H and O–H groups in total. The van der Waals surface area contributed by atoms with E-state index in [4.69, 9.17) is 15.6 Å². The molecular formula is C20H23IN6O7S. The molecule has 1 aromatic carbocycles. The van der Waals surface area contributed by atoms with Crippen LogP contribution in [-0.4, -0.2) is 57.0 Å². The number of hydrogen-bond donors (Lipinski definition) is 5. The van der Waals surface area contributed by atoms with Crippen molar-refractivity contribution in [2.75, 3.05) is 17.1 Å². The number of aromatic amines is 1. The Morgan fingerprint density at radius 3 is 2.57 bits per heavy atom. The third-order valence-electron chi connectivity index (χ3n) is 4.83. The number of nitrogens with two attached hydrogens (primary N) is 1. The van der Waals surface area contributed by atoms with Crippen LogP contribution in [0.3, 0.4) is 0 Å². The van der Waals surface area contributed by atoms with Crippen LogP contribution in [0.1, 0.15) is 18.3 Å². The van der Waals surface area contributed by atoms with Gasteiger partial charge in [-0.15, -0.1) is 0 Å². The Labute approximate surface area is 213 Å². The van der Waals surface area contributed by atoms with Crippen LogP contribution in [0.2, 0.25) is 0 Å². The average molecular weight is 618 g/mol. The molecule has 1 aliphatic heterocycles. The summed E-state index contributed by atoms with van der Waals surface area (Å²) >= 11 is 1.80. The van der Waals surface area contributed by atoms with Crippen LogP contribution in [-0.2, 0) is 14.8 Å². The second-order valence-corrected chi connectivity index (χ2v) is 10.3. The number of nitrogen functional groups attached to an aromatic ring is 1. The van der Waals surface area contributed by atoms with Gasteiger partial charge in [-0.2, -0.15) is 0 Å². The number of nitrogens with one attached hydrogen (secondary N) is 2. The molecule has 35 heavy (non-hydrogen) atoms. The first-order valence-corrected chi connectivity index (χ1v) is 12.7. The lowest BCUT2D eigenvalue weighted by molar-refractivity contribution is -0.0459. The molecule has 3 heterocycles. The third kappa shape index (κ3) is 6.85. The van der Waals surface area contributed by atoms with Gasteiger partial charge in [0.2, 0.25) is 5.95 Å². The molecule has 0 bridgehead atoms. The van der Waals surface area contributed by atoms with Crippen molar-refractivity contribution in [1.82, 2.24) is 19.5 Å². The molecule has 0 radical (unpaired) electrons. The molecule has 3 aromatic rings. The van der Waals surface area contributed by atoms with Crippen LogP contribution in [0.4, 0.5) is 11.6 Å². The standard InChI is InChI=1S/C11H12N4O2S.C9H11IN2O5/c1-8-6-7-13-11(14-8)15-18(16,17)10-4-2-9(12)3-5-10;10-4-2-12(9(16)11-8(4)15)7-1-5(14)6(3-13)17-7/h2-7H,12H2,1H3,(H,13,14,15);2,5-7,13-14H,1,3H2,(H,11,15,16)/t;5-,6+,7+/m.0/s1. The topological polar surface area (TPSA) is 203 Å². The van der Waals surface area contributed by atoms with Crippen LogP contribution in [0.5, 0.6) is 0 Å². The van der Waals surface area contributed by atoms with Crippen molar-refractivity contribution in [3.8, 4) is 0 Å². The fraction of sp³-hybridized carbons (Fsp3) is 0.300. The third-order valence-corrected chi connectivity index (χ3v) is 6.94. The number of halogens is 1. The maximum Gasteiger partial charge on any atom is 0.330 e. The van der Waals surface area contributed by atoms with Crippen molar-refractivity contribution in [2.24, 2.45) is 0 Å². The molecular weight excluding hydrogens is 595 g/mol. The van der Waals surface area contributed by atoms with Gasteiger partial charge in [-0.1, -0.05) is 0 Å². The summed E-state index contributed by atoms with van der Waals surface area (Å²) in [6.45, 7) is 1.44. The number of aliphatic hydroxyl groups is 2. The van der Waals surface area contributed by atoms with E-state index in [1.165, 1.54) is 41.2 Å². The summed E-state index contributed by atoms with van der Waals surface area (Å²) in [7, 11) is -3.68. The second kappa shape index (κ2) is 11.3. The highest BCUT2D eigenvalue weighted by Crippen LogP contribution is 2.27. The fourth-order valence-corrected chi connectivity index (χ4v) is 4.43. The first kappa shape index (κ1) is 26.7. The maximum atomic E-state index is 12.0. The largest absolute Gasteiger partial charge is 0.399 e. The molecule has 188 valence electrons. The quantitative estimate of drug-likeness (QED) is 0.191. The number of aryl methyl sites for hydroxylation is 1. The molecule has 1 aliphatic rings. The lowest BCUT2D eigenvalue weighted by atomic mass is 10.2. The Morgan fingerprint density at radius 2 is 1.97 bits per heavy atom. The number of H-pyrrole nitrogens is 1. The van der Waals surface area contributed by atoms with E-state index in [9.17, 15) is 23.1 Å². The van der Waals surface area contributed by atoms with E-state index in [1.807, 2.05) is 0 Å². The highest BCUT2D eigenvalue weighted by molar-refractivity contribution is 14.1. The van der Waals surface area contributed by atoms with Gasteiger partial charge in [-0.3, -0.25) is 14.3 Å². The van der Waals surface area contributed by atoms with Crippen LogP contribution < -0.4 is 21.7 Å². The normalized spacial score (nSPS) is 19.6. The van der Waals surface area contributed by atoms with Gasteiger partial charge in [0.1, 0.15) is 12.3 Å². The SMILES string of the molecule is Cc1ccnc(NS(=O)(=O)c2ccc(N)cc2)n1.O=c1[nH]c(=O)n([C@H]2C[C@H](O)[C@@H](CO)O2)cc1I. The van der Waals surface area contributed by atoms with E-state index in [0.29, 0.717) is 15.0 Å². The molecule has 0 unspecified atom stereocenters. The molecule has 0 saturated carbocycles. The zero-order valence-corrected chi connectivity index (χ0v) is 21.3. The summed E-state index contributed by atoms with van der Waals surface area (Å²) in [6.07, 6.45) is 0.882. The van der Waals surface area contributed by atoms with Crippen molar-refractivity contribution < 1.29 is 23.4 Å². The molecule has 3 atom stereocenters. The molecule has 2 aromatic heterocycles. The number of aliphatic hydroxyl groups excluding tert-OH is 2.